The van der Waals surface area contributed by atoms with Crippen molar-refractivity contribution in [2.24, 2.45) is 0 Å². The molecule has 0 heterocycles. The molecule has 0 aliphatic carbocycles. The number of nitrogens with one attached hydrogen (secondary N) is 1. The average molecular weight is 345 g/mol. The third-order valence-electron chi connectivity index (χ3n) is 3.45. The summed E-state index contributed by atoms with van der Waals surface area (Å²) in [4.78, 5) is 13.6. The lowest BCUT2D eigenvalue weighted by atomic mass is 10.2. The molecule has 1 atom stereocenters. The smallest absolute Gasteiger partial charge is 0.265 e. The lowest BCUT2D eigenvalue weighted by Crippen LogP contribution is -2.32. The van der Waals surface area contributed by atoms with Gasteiger partial charge in [0.05, 0.1) is 12.8 Å². The van der Waals surface area contributed by atoms with Gasteiger partial charge < -0.3 is 14.8 Å². The van der Waals surface area contributed by atoms with Crippen molar-refractivity contribution < 1.29 is 14.3 Å². The largest absolute Gasteiger partial charge is 0.497 e. The van der Waals surface area contributed by atoms with Gasteiger partial charge in [0.15, 0.2) is 6.10 Å². The van der Waals surface area contributed by atoms with Gasteiger partial charge in [-0.1, -0.05) is 26.0 Å². The van der Waals surface area contributed by atoms with E-state index in [0.717, 1.165) is 22.1 Å². The van der Waals surface area contributed by atoms with E-state index in [1.165, 1.54) is 0 Å². The molecule has 0 spiro atoms. The second-order valence-corrected chi connectivity index (χ2v) is 6.41. The predicted octanol–water partition coefficient (Wildman–Crippen LogP) is 4.60. The van der Waals surface area contributed by atoms with E-state index in [-0.39, 0.29) is 5.91 Å². The lowest BCUT2D eigenvalue weighted by molar-refractivity contribution is -0.122. The van der Waals surface area contributed by atoms with E-state index in [1.54, 1.807) is 31.0 Å². The number of carbonyl (C=O) groups is 1. The quantitative estimate of drug-likeness (QED) is 0.710. The van der Waals surface area contributed by atoms with Crippen LogP contribution < -0.4 is 14.8 Å². The first kappa shape index (κ1) is 18.2. The maximum Gasteiger partial charge on any atom is 0.265 e. The van der Waals surface area contributed by atoms with Gasteiger partial charge in [-0.25, -0.2) is 0 Å². The maximum absolute atomic E-state index is 12.6. The number of anilines is 1. The van der Waals surface area contributed by atoms with E-state index in [1.807, 2.05) is 43.3 Å². The molecule has 128 valence electrons. The number of rotatable bonds is 8. The van der Waals surface area contributed by atoms with Gasteiger partial charge >= 0.3 is 0 Å². The van der Waals surface area contributed by atoms with Crippen molar-refractivity contribution >= 4 is 23.4 Å². The summed E-state index contributed by atoms with van der Waals surface area (Å²) in [6.07, 6.45) is 0.0408. The zero-order valence-corrected chi connectivity index (χ0v) is 15.1. The highest BCUT2D eigenvalue weighted by molar-refractivity contribution is 7.99. The van der Waals surface area contributed by atoms with Crippen LogP contribution in [0.3, 0.4) is 0 Å². The molecule has 0 saturated carbocycles. The summed E-state index contributed by atoms with van der Waals surface area (Å²) in [6.45, 7) is 4.02. The van der Waals surface area contributed by atoms with Crippen LogP contribution in [-0.2, 0) is 4.79 Å². The van der Waals surface area contributed by atoms with Crippen LogP contribution in [0.15, 0.2) is 53.4 Å². The molecule has 4 nitrogen and oxygen atoms in total. The van der Waals surface area contributed by atoms with Crippen molar-refractivity contribution in [3.05, 3.63) is 48.5 Å². The van der Waals surface area contributed by atoms with Crippen LogP contribution in [0.2, 0.25) is 0 Å². The van der Waals surface area contributed by atoms with Crippen molar-refractivity contribution in [3.63, 3.8) is 0 Å². The SMILES string of the molecule is CCSc1ccccc1NC(=O)[C@@H](CC)Oc1ccc(OC)cc1. The van der Waals surface area contributed by atoms with Gasteiger partial charge in [-0.05, 0) is 48.6 Å². The summed E-state index contributed by atoms with van der Waals surface area (Å²) in [5.74, 6) is 2.21. The Labute approximate surface area is 147 Å². The molecule has 1 N–H and O–H groups in total. The minimum atomic E-state index is -0.543. The molecule has 0 bridgehead atoms. The van der Waals surface area contributed by atoms with Crippen molar-refractivity contribution in [2.45, 2.75) is 31.3 Å². The number of ether oxygens (including phenoxy) is 2. The Kier molecular flexibility index (Phi) is 7.00. The molecule has 0 fully saturated rings. The minimum absolute atomic E-state index is 0.141. The Bertz CT molecular complexity index is 658. The number of hydrogen-bond acceptors (Lipinski definition) is 4. The summed E-state index contributed by atoms with van der Waals surface area (Å²) in [7, 11) is 1.61. The standard InChI is InChI=1S/C19H23NO3S/c1-4-17(23-15-12-10-14(22-3)11-13-15)19(21)20-16-8-6-7-9-18(16)24-5-2/h6-13,17H,4-5H2,1-3H3,(H,20,21)/t17-/m1/s1. The molecular formula is C19H23NO3S. The number of benzene rings is 2. The second kappa shape index (κ2) is 9.23. The van der Waals surface area contributed by atoms with E-state index in [4.69, 9.17) is 9.47 Å². The number of carbonyl (C=O) groups excluding carboxylic acids is 1. The Morgan fingerprint density at radius 1 is 1.08 bits per heavy atom. The lowest BCUT2D eigenvalue weighted by Gasteiger charge is -2.18. The number of hydrogen-bond donors (Lipinski definition) is 1. The molecule has 1 amide bonds. The van der Waals surface area contributed by atoms with Crippen LogP contribution in [-0.4, -0.2) is 24.9 Å². The van der Waals surface area contributed by atoms with Crippen molar-refractivity contribution in [1.29, 1.82) is 0 Å². The fourth-order valence-corrected chi connectivity index (χ4v) is 2.97. The minimum Gasteiger partial charge on any atom is -0.497 e. The fourth-order valence-electron chi connectivity index (χ4n) is 2.21. The molecule has 0 aliphatic rings. The summed E-state index contributed by atoms with van der Waals surface area (Å²) in [6, 6.07) is 15.0. The molecule has 0 saturated heterocycles. The van der Waals surface area contributed by atoms with E-state index in [2.05, 4.69) is 12.2 Å². The Balaban J connectivity index is 2.05. The maximum atomic E-state index is 12.6. The summed E-state index contributed by atoms with van der Waals surface area (Å²) < 4.78 is 10.9. The van der Waals surface area contributed by atoms with Crippen LogP contribution in [0.5, 0.6) is 11.5 Å². The van der Waals surface area contributed by atoms with Crippen LogP contribution in [0.1, 0.15) is 20.3 Å². The predicted molar refractivity (Wildman–Crippen MR) is 99.2 cm³/mol. The van der Waals surface area contributed by atoms with Crippen LogP contribution in [0.4, 0.5) is 5.69 Å². The van der Waals surface area contributed by atoms with Gasteiger partial charge in [-0.3, -0.25) is 4.79 Å². The first-order chi connectivity index (χ1) is 11.7. The second-order valence-electron chi connectivity index (χ2n) is 5.11. The highest BCUT2D eigenvalue weighted by atomic mass is 32.2. The van der Waals surface area contributed by atoms with E-state index < -0.39 is 6.10 Å². The first-order valence-corrected chi connectivity index (χ1v) is 8.99. The molecule has 0 radical (unpaired) electrons. The van der Waals surface area contributed by atoms with Gasteiger partial charge in [0.2, 0.25) is 0 Å². The molecular weight excluding hydrogens is 322 g/mol. The van der Waals surface area contributed by atoms with Crippen molar-refractivity contribution in [3.8, 4) is 11.5 Å². The van der Waals surface area contributed by atoms with Crippen molar-refractivity contribution in [1.82, 2.24) is 0 Å². The van der Waals surface area contributed by atoms with Gasteiger partial charge in [-0.15, -0.1) is 11.8 Å². The van der Waals surface area contributed by atoms with Crippen LogP contribution in [0.25, 0.3) is 0 Å². The topological polar surface area (TPSA) is 47.6 Å². The summed E-state index contributed by atoms with van der Waals surface area (Å²) in [5.41, 5.74) is 0.825. The van der Waals surface area contributed by atoms with E-state index in [0.29, 0.717) is 12.2 Å². The number of amides is 1. The van der Waals surface area contributed by atoms with E-state index >= 15 is 0 Å². The van der Waals surface area contributed by atoms with Crippen molar-refractivity contribution in [2.75, 3.05) is 18.2 Å². The monoisotopic (exact) mass is 345 g/mol. The third-order valence-corrected chi connectivity index (χ3v) is 4.40. The fraction of sp³-hybridized carbons (Fsp3) is 0.316. The normalized spacial score (nSPS) is 11.6. The molecule has 5 heteroatoms. The number of thioether (sulfide) groups is 1. The highest BCUT2D eigenvalue weighted by Crippen LogP contribution is 2.27. The third kappa shape index (κ3) is 4.93. The molecule has 2 rings (SSSR count). The zero-order chi connectivity index (χ0) is 17.4. The molecule has 0 aromatic heterocycles. The molecule has 0 unspecified atom stereocenters. The average Bonchev–Trinajstić information content (AvgIpc) is 2.62. The van der Waals surface area contributed by atoms with Gasteiger partial charge in [-0.2, -0.15) is 0 Å². The zero-order valence-electron chi connectivity index (χ0n) is 14.2. The molecule has 0 aliphatic heterocycles. The molecule has 2 aromatic carbocycles. The van der Waals surface area contributed by atoms with Gasteiger partial charge in [0, 0.05) is 4.90 Å². The Hall–Kier alpha value is -2.14. The summed E-state index contributed by atoms with van der Waals surface area (Å²) >= 11 is 1.70. The van der Waals surface area contributed by atoms with Gasteiger partial charge in [0.25, 0.3) is 5.91 Å². The van der Waals surface area contributed by atoms with E-state index in [9.17, 15) is 4.79 Å². The Morgan fingerprint density at radius 3 is 2.38 bits per heavy atom. The molecule has 24 heavy (non-hydrogen) atoms. The van der Waals surface area contributed by atoms with Crippen LogP contribution in [0, 0.1) is 0 Å². The number of para-hydroxylation sites is 1. The van der Waals surface area contributed by atoms with Gasteiger partial charge in [0.1, 0.15) is 11.5 Å². The Morgan fingerprint density at radius 2 is 1.75 bits per heavy atom. The summed E-state index contributed by atoms with van der Waals surface area (Å²) in [5, 5.41) is 2.98. The number of methoxy groups -OCH3 is 1. The van der Waals surface area contributed by atoms with Crippen LogP contribution >= 0.6 is 11.8 Å². The highest BCUT2D eigenvalue weighted by Gasteiger charge is 2.19. The molecule has 2 aromatic rings. The first-order valence-electron chi connectivity index (χ1n) is 8.01.